The number of para-hydroxylation sites is 1. The van der Waals surface area contributed by atoms with Crippen molar-refractivity contribution in [1.82, 2.24) is 19.8 Å². The molecule has 0 atom stereocenters. The van der Waals surface area contributed by atoms with E-state index in [0.717, 1.165) is 29.6 Å². The van der Waals surface area contributed by atoms with Gasteiger partial charge in [-0.2, -0.15) is 0 Å². The summed E-state index contributed by atoms with van der Waals surface area (Å²) < 4.78 is 5.64. The molecule has 0 aliphatic carbocycles. The van der Waals surface area contributed by atoms with Crippen molar-refractivity contribution in [3.8, 4) is 5.75 Å². The molecule has 156 valence electrons. The summed E-state index contributed by atoms with van der Waals surface area (Å²) >= 11 is 6.02. The van der Waals surface area contributed by atoms with E-state index in [1.54, 1.807) is 12.1 Å². The molecule has 0 saturated carbocycles. The molecule has 2 heterocycles. The second-order valence-corrected chi connectivity index (χ2v) is 7.81. The molecule has 30 heavy (non-hydrogen) atoms. The Bertz CT molecular complexity index is 1070. The molecule has 1 saturated heterocycles. The maximum atomic E-state index is 12.5. The summed E-state index contributed by atoms with van der Waals surface area (Å²) in [6, 6.07) is 13.1. The number of amides is 1. The third-order valence-electron chi connectivity index (χ3n) is 5.26. The number of fused-ring (bicyclic) bond motifs is 1. The smallest absolute Gasteiger partial charge is 0.260 e. The van der Waals surface area contributed by atoms with Gasteiger partial charge in [-0.05, 0) is 42.8 Å². The summed E-state index contributed by atoms with van der Waals surface area (Å²) in [5, 5.41) is 1.55. The zero-order chi connectivity index (χ0) is 21.1. The number of aromatic nitrogens is 2. The number of hydrogen-bond donors (Lipinski definition) is 1. The van der Waals surface area contributed by atoms with Gasteiger partial charge in [-0.3, -0.25) is 9.69 Å². The second-order valence-electron chi connectivity index (χ2n) is 7.40. The summed E-state index contributed by atoms with van der Waals surface area (Å²) in [6.45, 7) is 5.33. The van der Waals surface area contributed by atoms with Gasteiger partial charge in [0, 0.05) is 36.6 Å². The fraction of sp³-hybridized carbons (Fsp3) is 0.318. The van der Waals surface area contributed by atoms with Gasteiger partial charge in [-0.1, -0.05) is 23.7 Å². The molecule has 1 aliphatic heterocycles. The molecule has 7 nitrogen and oxygen atoms in total. The highest BCUT2D eigenvalue weighted by atomic mass is 35.5. The Balaban J connectivity index is 1.29. The third kappa shape index (κ3) is 4.63. The monoisotopic (exact) mass is 425 g/mol. The van der Waals surface area contributed by atoms with E-state index >= 15 is 0 Å². The molecule has 3 aromatic rings. The molecule has 4 rings (SSSR count). The Hall–Kier alpha value is -2.90. The van der Waals surface area contributed by atoms with Crippen molar-refractivity contribution < 1.29 is 9.53 Å². The van der Waals surface area contributed by atoms with Crippen LogP contribution in [0, 0.1) is 6.92 Å². The average Bonchev–Trinajstić information content (AvgIpc) is 2.75. The highest BCUT2D eigenvalue weighted by Crippen LogP contribution is 2.21. The van der Waals surface area contributed by atoms with Crippen LogP contribution in [0.1, 0.15) is 11.4 Å². The maximum Gasteiger partial charge on any atom is 0.260 e. The summed E-state index contributed by atoms with van der Waals surface area (Å²) in [5.74, 6) is 1.83. The van der Waals surface area contributed by atoms with Gasteiger partial charge in [0.1, 0.15) is 17.4 Å². The van der Waals surface area contributed by atoms with E-state index in [1.807, 2.05) is 42.2 Å². The van der Waals surface area contributed by atoms with E-state index in [0.29, 0.717) is 42.0 Å². The maximum absolute atomic E-state index is 12.5. The number of rotatable bonds is 5. The molecule has 2 N–H and O–H groups in total. The molecule has 1 amide bonds. The highest BCUT2D eigenvalue weighted by Gasteiger charge is 2.22. The molecule has 2 aromatic carbocycles. The number of ether oxygens (including phenoxy) is 1. The lowest BCUT2D eigenvalue weighted by molar-refractivity contribution is -0.135. The van der Waals surface area contributed by atoms with Gasteiger partial charge < -0.3 is 15.4 Å². The standard InChI is InChI=1S/C22H24ClN5O2/c1-15-12-16(6-7-18(15)23)30-14-21(29)28-10-8-27(9-11-28)13-20-25-19-5-3-2-4-17(19)22(24)26-20/h2-7,12H,8-11,13-14H2,1H3,(H2,24,25,26). The number of piperazine rings is 1. The van der Waals surface area contributed by atoms with Crippen molar-refractivity contribution >= 4 is 34.2 Å². The number of aryl methyl sites for hydroxylation is 1. The van der Waals surface area contributed by atoms with Crippen LogP contribution >= 0.6 is 11.6 Å². The second kappa shape index (κ2) is 8.85. The van der Waals surface area contributed by atoms with Crippen LogP contribution in [0.2, 0.25) is 5.02 Å². The zero-order valence-electron chi connectivity index (χ0n) is 16.8. The minimum Gasteiger partial charge on any atom is -0.484 e. The Morgan fingerprint density at radius 3 is 2.67 bits per heavy atom. The summed E-state index contributed by atoms with van der Waals surface area (Å²) in [7, 11) is 0. The normalized spacial score (nSPS) is 14.8. The van der Waals surface area contributed by atoms with Crippen LogP contribution in [0.25, 0.3) is 10.9 Å². The largest absolute Gasteiger partial charge is 0.484 e. The molecule has 8 heteroatoms. The van der Waals surface area contributed by atoms with E-state index in [9.17, 15) is 4.79 Å². The molecule has 1 aromatic heterocycles. The van der Waals surface area contributed by atoms with Crippen LogP contribution in [0.15, 0.2) is 42.5 Å². The SMILES string of the molecule is Cc1cc(OCC(=O)N2CCN(Cc3nc(N)c4ccccc4n3)CC2)ccc1Cl. The van der Waals surface area contributed by atoms with Crippen molar-refractivity contribution in [2.75, 3.05) is 38.5 Å². The molecule has 0 spiro atoms. The number of anilines is 1. The number of nitrogen functional groups attached to an aromatic ring is 1. The van der Waals surface area contributed by atoms with Crippen molar-refractivity contribution in [3.63, 3.8) is 0 Å². The van der Waals surface area contributed by atoms with Gasteiger partial charge in [0.2, 0.25) is 0 Å². The van der Waals surface area contributed by atoms with E-state index in [1.165, 1.54) is 0 Å². The lowest BCUT2D eigenvalue weighted by atomic mass is 10.2. The van der Waals surface area contributed by atoms with Crippen LogP contribution < -0.4 is 10.5 Å². The van der Waals surface area contributed by atoms with E-state index in [2.05, 4.69) is 14.9 Å². The lowest BCUT2D eigenvalue weighted by Gasteiger charge is -2.34. The number of carbonyl (C=O) groups is 1. The van der Waals surface area contributed by atoms with Gasteiger partial charge >= 0.3 is 0 Å². The molecule has 0 radical (unpaired) electrons. The Morgan fingerprint density at radius 2 is 1.90 bits per heavy atom. The first-order valence-electron chi connectivity index (χ1n) is 9.90. The number of nitrogens with two attached hydrogens (primary N) is 1. The first-order chi connectivity index (χ1) is 14.5. The fourth-order valence-corrected chi connectivity index (χ4v) is 3.64. The number of hydrogen-bond acceptors (Lipinski definition) is 6. The topological polar surface area (TPSA) is 84.6 Å². The Morgan fingerprint density at radius 1 is 1.13 bits per heavy atom. The van der Waals surface area contributed by atoms with Crippen LogP contribution in [-0.4, -0.2) is 58.5 Å². The van der Waals surface area contributed by atoms with Crippen molar-refractivity contribution in [2.24, 2.45) is 0 Å². The van der Waals surface area contributed by atoms with Gasteiger partial charge in [0.15, 0.2) is 6.61 Å². The van der Waals surface area contributed by atoms with Crippen LogP contribution in [-0.2, 0) is 11.3 Å². The van der Waals surface area contributed by atoms with E-state index in [-0.39, 0.29) is 12.5 Å². The number of benzene rings is 2. The predicted molar refractivity (Wildman–Crippen MR) is 117 cm³/mol. The summed E-state index contributed by atoms with van der Waals surface area (Å²) in [6.07, 6.45) is 0. The fourth-order valence-electron chi connectivity index (χ4n) is 3.52. The van der Waals surface area contributed by atoms with Gasteiger partial charge in [0.25, 0.3) is 5.91 Å². The minimum atomic E-state index is -0.0200. The highest BCUT2D eigenvalue weighted by molar-refractivity contribution is 6.31. The first-order valence-corrected chi connectivity index (χ1v) is 10.3. The first kappa shape index (κ1) is 20.4. The van der Waals surface area contributed by atoms with Crippen LogP contribution in [0.5, 0.6) is 5.75 Å². The van der Waals surface area contributed by atoms with Gasteiger partial charge in [-0.25, -0.2) is 9.97 Å². The molecule has 0 unspecified atom stereocenters. The Kier molecular flexibility index (Phi) is 6.01. The van der Waals surface area contributed by atoms with Crippen LogP contribution in [0.3, 0.4) is 0 Å². The number of carbonyl (C=O) groups excluding carboxylic acids is 1. The molecule has 1 fully saturated rings. The average molecular weight is 426 g/mol. The molecule has 0 bridgehead atoms. The number of nitrogens with zero attached hydrogens (tertiary/aromatic N) is 4. The van der Waals surface area contributed by atoms with Gasteiger partial charge in [-0.15, -0.1) is 0 Å². The van der Waals surface area contributed by atoms with Gasteiger partial charge in [0.05, 0.1) is 12.1 Å². The molecule has 1 aliphatic rings. The van der Waals surface area contributed by atoms with E-state index < -0.39 is 0 Å². The zero-order valence-corrected chi connectivity index (χ0v) is 17.6. The summed E-state index contributed by atoms with van der Waals surface area (Å²) in [4.78, 5) is 25.6. The summed E-state index contributed by atoms with van der Waals surface area (Å²) in [5.41, 5.74) is 7.85. The Labute approximate surface area is 180 Å². The lowest BCUT2D eigenvalue weighted by Crippen LogP contribution is -2.49. The van der Waals surface area contributed by atoms with Crippen molar-refractivity contribution in [2.45, 2.75) is 13.5 Å². The van der Waals surface area contributed by atoms with Crippen LogP contribution in [0.4, 0.5) is 5.82 Å². The molecular formula is C22H24ClN5O2. The minimum absolute atomic E-state index is 0.0192. The van der Waals surface area contributed by atoms with Crippen molar-refractivity contribution in [3.05, 3.63) is 58.9 Å². The molecular weight excluding hydrogens is 402 g/mol. The van der Waals surface area contributed by atoms with Crippen molar-refractivity contribution in [1.29, 1.82) is 0 Å². The predicted octanol–water partition coefficient (Wildman–Crippen LogP) is 2.90. The third-order valence-corrected chi connectivity index (χ3v) is 5.68. The quantitative estimate of drug-likeness (QED) is 0.676. The van der Waals surface area contributed by atoms with E-state index in [4.69, 9.17) is 22.1 Å². The number of halogens is 1.